The summed E-state index contributed by atoms with van der Waals surface area (Å²) in [6.07, 6.45) is 2.13. The Hall–Kier alpha value is -0.330. The number of thiophene rings is 1. The second-order valence-electron chi connectivity index (χ2n) is 5.87. The summed E-state index contributed by atoms with van der Waals surface area (Å²) in [5.41, 5.74) is 1.19. The van der Waals surface area contributed by atoms with E-state index in [1.54, 1.807) is 11.3 Å². The molecule has 3 heterocycles. The molecule has 2 saturated heterocycles. The first kappa shape index (κ1) is 18.0. The van der Waals surface area contributed by atoms with Crippen LogP contribution in [0.5, 0.6) is 0 Å². The average molecular weight is 364 g/mol. The molecule has 2 aliphatic heterocycles. The van der Waals surface area contributed by atoms with E-state index in [0.717, 1.165) is 63.0 Å². The molecule has 0 radical (unpaired) electrons. The fraction of sp³-hybridized carbons (Fsp3) is 0.667. The molecule has 0 aromatic carbocycles. The van der Waals surface area contributed by atoms with Crippen LogP contribution in [0.15, 0.2) is 11.4 Å². The summed E-state index contributed by atoms with van der Waals surface area (Å²) >= 11 is 7.77. The van der Waals surface area contributed by atoms with Gasteiger partial charge in [-0.2, -0.15) is 0 Å². The van der Waals surface area contributed by atoms with Gasteiger partial charge in [-0.1, -0.05) is 11.6 Å². The highest BCUT2D eigenvalue weighted by Crippen LogP contribution is 2.26. The van der Waals surface area contributed by atoms with Crippen molar-refractivity contribution in [3.63, 3.8) is 0 Å². The number of rotatable bonds is 3. The summed E-state index contributed by atoms with van der Waals surface area (Å²) in [6, 6.07) is 2.09. The number of piperidine rings is 1. The highest BCUT2D eigenvalue weighted by atomic mass is 35.5. The molecule has 1 amide bonds. The van der Waals surface area contributed by atoms with Crippen LogP contribution in [-0.2, 0) is 11.3 Å². The highest BCUT2D eigenvalue weighted by Gasteiger charge is 2.30. The fourth-order valence-corrected chi connectivity index (χ4v) is 4.13. The number of hydrogen-bond donors (Lipinski definition) is 1. The lowest BCUT2D eigenvalue weighted by Gasteiger charge is -2.36. The standard InChI is InChI=1S/C15H22ClN3OS.ClH/c16-14-12(3-9-21-14)10-18-6-1-2-13(11-18)15(20)19-7-4-17-5-8-19;/h3,9,13,17H,1-2,4-8,10-11H2;1H. The summed E-state index contributed by atoms with van der Waals surface area (Å²) in [4.78, 5) is 17.0. The van der Waals surface area contributed by atoms with Gasteiger partial charge in [0.1, 0.15) is 0 Å². The first-order valence-corrected chi connectivity index (χ1v) is 8.93. The Kier molecular flexibility index (Phi) is 6.96. The van der Waals surface area contributed by atoms with Crippen LogP contribution in [0, 0.1) is 5.92 Å². The number of amides is 1. The van der Waals surface area contributed by atoms with E-state index < -0.39 is 0 Å². The van der Waals surface area contributed by atoms with Gasteiger partial charge in [0, 0.05) is 39.3 Å². The molecular weight excluding hydrogens is 341 g/mol. The largest absolute Gasteiger partial charge is 0.340 e. The molecule has 7 heteroatoms. The van der Waals surface area contributed by atoms with Gasteiger partial charge >= 0.3 is 0 Å². The summed E-state index contributed by atoms with van der Waals surface area (Å²) < 4.78 is 0.880. The Labute approximate surface area is 147 Å². The normalized spacial score (nSPS) is 23.1. The van der Waals surface area contributed by atoms with E-state index in [-0.39, 0.29) is 18.3 Å². The van der Waals surface area contributed by atoms with Crippen LogP contribution >= 0.6 is 35.3 Å². The maximum atomic E-state index is 12.6. The molecule has 0 aliphatic carbocycles. The van der Waals surface area contributed by atoms with Crippen molar-refractivity contribution in [1.29, 1.82) is 0 Å². The average Bonchev–Trinajstić information content (AvgIpc) is 2.93. The minimum Gasteiger partial charge on any atom is -0.340 e. The lowest BCUT2D eigenvalue weighted by atomic mass is 9.96. The van der Waals surface area contributed by atoms with Gasteiger partial charge in [0.25, 0.3) is 0 Å². The smallest absolute Gasteiger partial charge is 0.227 e. The zero-order valence-corrected chi connectivity index (χ0v) is 15.0. The van der Waals surface area contributed by atoms with Gasteiger partial charge in [-0.15, -0.1) is 23.7 Å². The van der Waals surface area contributed by atoms with Gasteiger partial charge in [-0.05, 0) is 36.4 Å². The molecule has 1 aromatic rings. The van der Waals surface area contributed by atoms with Crippen LogP contribution in [-0.4, -0.2) is 55.0 Å². The van der Waals surface area contributed by atoms with E-state index in [9.17, 15) is 4.79 Å². The number of carbonyl (C=O) groups is 1. The maximum absolute atomic E-state index is 12.6. The zero-order valence-electron chi connectivity index (χ0n) is 12.6. The molecule has 2 aliphatic rings. The van der Waals surface area contributed by atoms with Crippen molar-refractivity contribution in [1.82, 2.24) is 15.1 Å². The second-order valence-corrected chi connectivity index (χ2v) is 7.39. The quantitative estimate of drug-likeness (QED) is 0.895. The predicted molar refractivity (Wildman–Crippen MR) is 94.0 cm³/mol. The third-order valence-corrected chi connectivity index (χ3v) is 5.62. The molecular formula is C15H23Cl2N3OS. The molecule has 124 valence electrons. The maximum Gasteiger partial charge on any atom is 0.227 e. The summed E-state index contributed by atoms with van der Waals surface area (Å²) in [6.45, 7) is 6.36. The molecule has 22 heavy (non-hydrogen) atoms. The van der Waals surface area contributed by atoms with Crippen LogP contribution < -0.4 is 5.32 Å². The van der Waals surface area contributed by atoms with E-state index in [1.165, 1.54) is 5.56 Å². The Morgan fingerprint density at radius 2 is 2.14 bits per heavy atom. The molecule has 3 rings (SSSR count). The van der Waals surface area contributed by atoms with E-state index in [0.29, 0.717) is 5.91 Å². The molecule has 1 aromatic heterocycles. The van der Waals surface area contributed by atoms with Crippen LogP contribution in [0.25, 0.3) is 0 Å². The molecule has 0 spiro atoms. The lowest BCUT2D eigenvalue weighted by molar-refractivity contribution is -0.138. The highest BCUT2D eigenvalue weighted by molar-refractivity contribution is 7.14. The van der Waals surface area contributed by atoms with Gasteiger partial charge in [0.05, 0.1) is 10.3 Å². The molecule has 1 unspecified atom stereocenters. The van der Waals surface area contributed by atoms with Crippen molar-refractivity contribution in [2.45, 2.75) is 19.4 Å². The minimum atomic E-state index is 0. The third kappa shape index (κ3) is 4.36. The van der Waals surface area contributed by atoms with E-state index >= 15 is 0 Å². The molecule has 1 atom stereocenters. The molecule has 0 bridgehead atoms. The Morgan fingerprint density at radius 3 is 2.82 bits per heavy atom. The minimum absolute atomic E-state index is 0. The summed E-state index contributed by atoms with van der Waals surface area (Å²) in [5.74, 6) is 0.506. The van der Waals surface area contributed by atoms with Crippen molar-refractivity contribution in [3.05, 3.63) is 21.3 Å². The van der Waals surface area contributed by atoms with Gasteiger partial charge in [0.2, 0.25) is 5.91 Å². The van der Waals surface area contributed by atoms with Gasteiger partial charge < -0.3 is 10.2 Å². The Bertz CT molecular complexity index is 491. The Morgan fingerprint density at radius 1 is 1.36 bits per heavy atom. The number of hydrogen-bond acceptors (Lipinski definition) is 4. The topological polar surface area (TPSA) is 35.6 Å². The first-order chi connectivity index (χ1) is 10.2. The monoisotopic (exact) mass is 363 g/mol. The van der Waals surface area contributed by atoms with Crippen molar-refractivity contribution in [2.75, 3.05) is 39.3 Å². The van der Waals surface area contributed by atoms with Crippen LogP contribution in [0.2, 0.25) is 4.34 Å². The van der Waals surface area contributed by atoms with Gasteiger partial charge in [0.15, 0.2) is 0 Å². The molecule has 0 saturated carbocycles. The van der Waals surface area contributed by atoms with Gasteiger partial charge in [-0.3, -0.25) is 9.69 Å². The predicted octanol–water partition coefficient (Wildman–Crippen LogP) is 2.47. The molecule has 2 fully saturated rings. The lowest BCUT2D eigenvalue weighted by Crippen LogP contribution is -2.51. The first-order valence-electron chi connectivity index (χ1n) is 7.68. The second kappa shape index (κ2) is 8.50. The van der Waals surface area contributed by atoms with Crippen molar-refractivity contribution in [2.24, 2.45) is 5.92 Å². The number of halogens is 2. The number of likely N-dealkylation sites (tertiary alicyclic amines) is 1. The zero-order chi connectivity index (χ0) is 14.7. The molecule has 4 nitrogen and oxygen atoms in total. The SMILES string of the molecule is Cl.O=C(C1CCCN(Cc2ccsc2Cl)C1)N1CCNCC1. The van der Waals surface area contributed by atoms with Crippen molar-refractivity contribution in [3.8, 4) is 0 Å². The summed E-state index contributed by atoms with van der Waals surface area (Å²) in [7, 11) is 0. The van der Waals surface area contributed by atoms with E-state index in [2.05, 4.69) is 16.3 Å². The number of nitrogens with one attached hydrogen (secondary N) is 1. The fourth-order valence-electron chi connectivity index (χ4n) is 3.22. The van der Waals surface area contributed by atoms with Crippen LogP contribution in [0.4, 0.5) is 0 Å². The molecule has 1 N–H and O–H groups in total. The van der Waals surface area contributed by atoms with Crippen LogP contribution in [0.1, 0.15) is 18.4 Å². The number of carbonyl (C=O) groups excluding carboxylic acids is 1. The Balaban J connectivity index is 0.00000176. The van der Waals surface area contributed by atoms with Crippen LogP contribution in [0.3, 0.4) is 0 Å². The van der Waals surface area contributed by atoms with E-state index in [4.69, 9.17) is 11.6 Å². The third-order valence-electron chi connectivity index (χ3n) is 4.37. The van der Waals surface area contributed by atoms with Gasteiger partial charge in [-0.25, -0.2) is 0 Å². The van der Waals surface area contributed by atoms with E-state index in [1.807, 2.05) is 10.3 Å². The van der Waals surface area contributed by atoms with Crippen molar-refractivity contribution < 1.29 is 4.79 Å². The number of piperazine rings is 1. The summed E-state index contributed by atoms with van der Waals surface area (Å²) in [5, 5.41) is 5.33. The van der Waals surface area contributed by atoms with Crippen molar-refractivity contribution >= 4 is 41.3 Å². The number of nitrogens with zero attached hydrogens (tertiary/aromatic N) is 2.